The lowest BCUT2D eigenvalue weighted by atomic mass is 10.2. The maximum absolute atomic E-state index is 5.51. The van der Waals surface area contributed by atoms with E-state index in [9.17, 15) is 0 Å². The summed E-state index contributed by atoms with van der Waals surface area (Å²) in [5.41, 5.74) is 1.69. The lowest BCUT2D eigenvalue weighted by Gasteiger charge is -2.23. The summed E-state index contributed by atoms with van der Waals surface area (Å²) < 4.78 is 12.6. The van der Waals surface area contributed by atoms with E-state index in [0.29, 0.717) is 25.5 Å². The van der Waals surface area contributed by atoms with Crippen LogP contribution in [0.2, 0.25) is 0 Å². The first-order chi connectivity index (χ1) is 12.3. The molecule has 4 aromatic rings. The highest BCUT2D eigenvalue weighted by Gasteiger charge is 2.18. The number of anilines is 1. The van der Waals surface area contributed by atoms with Crippen LogP contribution in [0.1, 0.15) is 11.6 Å². The zero-order valence-electron chi connectivity index (χ0n) is 14.2. The van der Waals surface area contributed by atoms with E-state index in [2.05, 4.69) is 15.0 Å². The number of para-hydroxylation sites is 1. The zero-order valence-corrected chi connectivity index (χ0v) is 14.2. The maximum Gasteiger partial charge on any atom is 0.229 e. The maximum atomic E-state index is 5.51. The molecule has 7 nitrogen and oxygen atoms in total. The molecule has 1 aromatic carbocycles. The van der Waals surface area contributed by atoms with E-state index >= 15 is 0 Å². The Balaban J connectivity index is 1.88. The van der Waals surface area contributed by atoms with Crippen molar-refractivity contribution in [3.63, 3.8) is 0 Å². The summed E-state index contributed by atoms with van der Waals surface area (Å²) in [6.07, 6.45) is 1.67. The van der Waals surface area contributed by atoms with Crippen molar-refractivity contribution in [1.82, 2.24) is 19.6 Å². The SMILES string of the molecule is COCCN(Cc1ccco1)c1nc2ccccc2c2nc(C)nn12. The fourth-order valence-corrected chi connectivity index (χ4v) is 2.89. The van der Waals surface area contributed by atoms with E-state index in [4.69, 9.17) is 14.1 Å². The number of aromatic nitrogens is 4. The minimum absolute atomic E-state index is 0.574. The van der Waals surface area contributed by atoms with Crippen LogP contribution in [-0.2, 0) is 11.3 Å². The van der Waals surface area contributed by atoms with E-state index in [1.165, 1.54) is 0 Å². The molecule has 3 heterocycles. The number of furan rings is 1. The molecule has 128 valence electrons. The summed E-state index contributed by atoms with van der Waals surface area (Å²) in [4.78, 5) is 11.5. The number of rotatable bonds is 6. The van der Waals surface area contributed by atoms with Gasteiger partial charge < -0.3 is 14.1 Å². The van der Waals surface area contributed by atoms with Gasteiger partial charge in [0.2, 0.25) is 5.95 Å². The Morgan fingerprint density at radius 3 is 2.84 bits per heavy atom. The summed E-state index contributed by atoms with van der Waals surface area (Å²) in [5, 5.41) is 5.53. The monoisotopic (exact) mass is 337 g/mol. The van der Waals surface area contributed by atoms with Gasteiger partial charge in [-0.3, -0.25) is 0 Å². The fraction of sp³-hybridized carbons (Fsp3) is 0.278. The smallest absolute Gasteiger partial charge is 0.229 e. The first-order valence-electron chi connectivity index (χ1n) is 8.14. The van der Waals surface area contributed by atoms with Crippen molar-refractivity contribution in [2.75, 3.05) is 25.2 Å². The van der Waals surface area contributed by atoms with Gasteiger partial charge >= 0.3 is 0 Å². The highest BCUT2D eigenvalue weighted by atomic mass is 16.5. The number of ether oxygens (including phenoxy) is 1. The summed E-state index contributed by atoms with van der Waals surface area (Å²) in [5.74, 6) is 2.29. The quantitative estimate of drug-likeness (QED) is 0.539. The summed E-state index contributed by atoms with van der Waals surface area (Å²) in [7, 11) is 1.69. The van der Waals surface area contributed by atoms with Gasteiger partial charge in [-0.1, -0.05) is 12.1 Å². The molecular weight excluding hydrogens is 318 g/mol. The minimum Gasteiger partial charge on any atom is -0.467 e. The third-order valence-electron chi connectivity index (χ3n) is 4.04. The first kappa shape index (κ1) is 15.6. The number of methoxy groups -OCH3 is 1. The Labute approximate surface area is 144 Å². The van der Waals surface area contributed by atoms with Crippen molar-refractivity contribution in [2.45, 2.75) is 13.5 Å². The third kappa shape index (κ3) is 2.94. The average Bonchev–Trinajstić information content (AvgIpc) is 3.27. The number of hydrogen-bond acceptors (Lipinski definition) is 6. The second-order valence-corrected chi connectivity index (χ2v) is 5.82. The molecule has 0 saturated carbocycles. The van der Waals surface area contributed by atoms with Crippen molar-refractivity contribution in [1.29, 1.82) is 0 Å². The van der Waals surface area contributed by atoms with Crippen molar-refractivity contribution in [2.24, 2.45) is 0 Å². The molecule has 0 N–H and O–H groups in total. The van der Waals surface area contributed by atoms with Crippen LogP contribution >= 0.6 is 0 Å². The van der Waals surface area contributed by atoms with Crippen molar-refractivity contribution in [3.05, 3.63) is 54.2 Å². The van der Waals surface area contributed by atoms with Crippen LogP contribution in [0, 0.1) is 6.92 Å². The fourth-order valence-electron chi connectivity index (χ4n) is 2.89. The number of fused-ring (bicyclic) bond motifs is 3. The van der Waals surface area contributed by atoms with E-state index in [-0.39, 0.29) is 0 Å². The van der Waals surface area contributed by atoms with Crippen LogP contribution in [0.15, 0.2) is 47.1 Å². The molecule has 0 unspecified atom stereocenters. The largest absolute Gasteiger partial charge is 0.467 e. The summed E-state index contributed by atoms with van der Waals surface area (Å²) in [6, 6.07) is 11.8. The number of aryl methyl sites for hydroxylation is 1. The number of nitrogens with zero attached hydrogens (tertiary/aromatic N) is 5. The van der Waals surface area contributed by atoms with Crippen LogP contribution in [0.3, 0.4) is 0 Å². The van der Waals surface area contributed by atoms with Crippen LogP contribution < -0.4 is 4.90 Å². The Kier molecular flexibility index (Phi) is 4.07. The standard InChI is InChI=1S/C18H19N5O2/c1-13-19-17-15-7-3-4-8-16(15)20-18(23(17)21-13)22(9-11-24-2)12-14-6-5-10-25-14/h3-8,10H,9,11-12H2,1-2H3. The lowest BCUT2D eigenvalue weighted by Crippen LogP contribution is -2.29. The molecule has 25 heavy (non-hydrogen) atoms. The molecule has 0 bridgehead atoms. The third-order valence-corrected chi connectivity index (χ3v) is 4.04. The molecule has 3 aromatic heterocycles. The molecule has 0 saturated heterocycles. The van der Waals surface area contributed by atoms with Gasteiger partial charge in [0.25, 0.3) is 0 Å². The average molecular weight is 337 g/mol. The van der Waals surface area contributed by atoms with Gasteiger partial charge in [0.1, 0.15) is 11.6 Å². The van der Waals surface area contributed by atoms with Gasteiger partial charge in [-0.05, 0) is 31.2 Å². The van der Waals surface area contributed by atoms with Crippen LogP contribution in [0.5, 0.6) is 0 Å². The van der Waals surface area contributed by atoms with E-state index < -0.39 is 0 Å². The number of benzene rings is 1. The van der Waals surface area contributed by atoms with Crippen molar-refractivity contribution in [3.8, 4) is 0 Å². The highest BCUT2D eigenvalue weighted by molar-refractivity contribution is 5.92. The predicted molar refractivity (Wildman–Crippen MR) is 94.7 cm³/mol. The Morgan fingerprint density at radius 1 is 1.16 bits per heavy atom. The molecule has 0 aliphatic rings. The molecule has 0 atom stereocenters. The molecule has 0 aliphatic heterocycles. The summed E-state index contributed by atoms with van der Waals surface area (Å²) >= 11 is 0. The zero-order chi connectivity index (χ0) is 17.2. The molecule has 0 amide bonds. The highest BCUT2D eigenvalue weighted by Crippen LogP contribution is 2.23. The second-order valence-electron chi connectivity index (χ2n) is 5.82. The second kappa shape index (κ2) is 6.52. The molecular formula is C18H19N5O2. The van der Waals surface area contributed by atoms with Gasteiger partial charge in [-0.25, -0.2) is 9.97 Å². The van der Waals surface area contributed by atoms with Crippen LogP contribution in [0.4, 0.5) is 5.95 Å². The first-order valence-corrected chi connectivity index (χ1v) is 8.14. The number of hydrogen-bond donors (Lipinski definition) is 0. The molecule has 0 fully saturated rings. The Morgan fingerprint density at radius 2 is 2.04 bits per heavy atom. The summed E-state index contributed by atoms with van der Waals surface area (Å²) in [6.45, 7) is 3.70. The van der Waals surface area contributed by atoms with E-state index in [1.807, 2.05) is 43.3 Å². The van der Waals surface area contributed by atoms with Gasteiger partial charge in [0.05, 0.1) is 24.9 Å². The topological polar surface area (TPSA) is 68.7 Å². The molecule has 0 spiro atoms. The van der Waals surface area contributed by atoms with Gasteiger partial charge in [0.15, 0.2) is 5.65 Å². The molecule has 0 radical (unpaired) electrons. The van der Waals surface area contributed by atoms with Gasteiger partial charge in [0, 0.05) is 19.0 Å². The van der Waals surface area contributed by atoms with Gasteiger partial charge in [-0.2, -0.15) is 4.52 Å². The Bertz CT molecular complexity index is 993. The van der Waals surface area contributed by atoms with E-state index in [0.717, 1.165) is 28.3 Å². The van der Waals surface area contributed by atoms with Crippen molar-refractivity contribution < 1.29 is 9.15 Å². The predicted octanol–water partition coefficient (Wildman–Crippen LogP) is 2.83. The normalized spacial score (nSPS) is 11.4. The minimum atomic E-state index is 0.574. The lowest BCUT2D eigenvalue weighted by molar-refractivity contribution is 0.204. The Hall–Kier alpha value is -2.93. The molecule has 4 rings (SSSR count). The van der Waals surface area contributed by atoms with Crippen LogP contribution in [0.25, 0.3) is 16.6 Å². The van der Waals surface area contributed by atoms with Gasteiger partial charge in [-0.15, -0.1) is 5.10 Å². The molecule has 7 heteroatoms. The van der Waals surface area contributed by atoms with Crippen molar-refractivity contribution >= 4 is 22.5 Å². The molecule has 0 aliphatic carbocycles. The van der Waals surface area contributed by atoms with Crippen LogP contribution in [-0.4, -0.2) is 39.8 Å². The van der Waals surface area contributed by atoms with E-state index in [1.54, 1.807) is 17.9 Å².